The first kappa shape index (κ1) is 8.02. The average molecular weight is 134 g/mol. The van der Waals surface area contributed by atoms with Crippen molar-refractivity contribution in [3.8, 4) is 0 Å². The molecule has 0 spiro atoms. The maximum atomic E-state index is 12.2. The average Bonchev–Trinajstić information content (AvgIpc) is 1.67. The zero-order chi connectivity index (χ0) is 6.78. The molecule has 0 nitrogen and oxygen atoms in total. The predicted molar refractivity (Wildman–Crippen MR) is 37.9 cm³/mol. The lowest BCUT2D eigenvalue weighted by Crippen LogP contribution is -2.14. The van der Waals surface area contributed by atoms with E-state index in [0.29, 0.717) is 6.42 Å². The molecule has 0 heterocycles. The zero-order valence-electron chi connectivity index (χ0n) is 5.24. The molecule has 0 aliphatic heterocycles. The minimum absolute atomic E-state index is 0.358. The van der Waals surface area contributed by atoms with E-state index in [1.807, 2.05) is 6.92 Å². The van der Waals surface area contributed by atoms with Gasteiger partial charge in [0.05, 0.1) is 4.75 Å². The Morgan fingerprint density at radius 1 is 1.88 bits per heavy atom. The summed E-state index contributed by atoms with van der Waals surface area (Å²) < 4.78 is 11.6. The fourth-order valence-electron chi connectivity index (χ4n) is 0.192. The maximum absolute atomic E-state index is 12.2. The van der Waals surface area contributed by atoms with Crippen LogP contribution in [0.15, 0.2) is 12.4 Å². The van der Waals surface area contributed by atoms with E-state index in [4.69, 9.17) is 0 Å². The summed E-state index contributed by atoms with van der Waals surface area (Å²) in [5, 5.41) is 0. The second-order valence-corrected chi connectivity index (χ2v) is 3.02. The van der Waals surface area contributed by atoms with Gasteiger partial charge in [0.15, 0.2) is 0 Å². The van der Waals surface area contributed by atoms with E-state index in [0.717, 1.165) is 0 Å². The molecule has 0 amide bonds. The molecular weight excluding hydrogens is 123 g/mol. The molecule has 48 valence electrons. The fraction of sp³-hybridized carbons (Fsp3) is 0.667. The number of hydrogen-bond acceptors (Lipinski definition) is 1. The molecular formula is C6H11FS. The van der Waals surface area contributed by atoms with Gasteiger partial charge in [0, 0.05) is 0 Å². The molecule has 2 heteroatoms. The van der Waals surface area contributed by atoms with Crippen molar-refractivity contribution < 1.29 is 4.39 Å². The number of hydrogen-bond donors (Lipinski definition) is 1. The molecule has 0 N–H and O–H groups in total. The Kier molecular flexibility index (Phi) is 2.54. The third-order valence-corrected chi connectivity index (χ3v) is 1.83. The highest BCUT2D eigenvalue weighted by Crippen LogP contribution is 2.26. The van der Waals surface area contributed by atoms with Gasteiger partial charge in [0.2, 0.25) is 0 Å². The largest absolute Gasteiger partial charge is 0.211 e. The van der Waals surface area contributed by atoms with Crippen molar-refractivity contribution in [3.05, 3.63) is 12.4 Å². The second-order valence-electron chi connectivity index (χ2n) is 2.03. The van der Waals surface area contributed by atoms with Crippen molar-refractivity contribution in [2.45, 2.75) is 25.0 Å². The molecule has 0 aromatic carbocycles. The van der Waals surface area contributed by atoms with Crippen LogP contribution >= 0.6 is 12.6 Å². The summed E-state index contributed by atoms with van der Waals surface area (Å²) in [4.78, 5) is 0. The third kappa shape index (κ3) is 1.86. The van der Waals surface area contributed by atoms with Crippen molar-refractivity contribution >= 4 is 12.6 Å². The molecule has 0 radical (unpaired) electrons. The van der Waals surface area contributed by atoms with E-state index in [1.165, 1.54) is 0 Å². The lowest BCUT2D eigenvalue weighted by atomic mass is 10.1. The summed E-state index contributed by atoms with van der Waals surface area (Å²) in [6, 6.07) is 0. The number of thiol groups is 1. The van der Waals surface area contributed by atoms with Gasteiger partial charge in [0.1, 0.15) is 5.83 Å². The third-order valence-electron chi connectivity index (χ3n) is 1.27. The molecule has 1 unspecified atom stereocenters. The molecule has 0 aliphatic carbocycles. The lowest BCUT2D eigenvalue weighted by Gasteiger charge is -2.17. The van der Waals surface area contributed by atoms with Gasteiger partial charge in [-0.15, -0.1) is 0 Å². The van der Waals surface area contributed by atoms with Crippen molar-refractivity contribution in [2.75, 3.05) is 0 Å². The van der Waals surface area contributed by atoms with Crippen LogP contribution in [0.5, 0.6) is 0 Å². The van der Waals surface area contributed by atoms with Crippen molar-refractivity contribution in [3.63, 3.8) is 0 Å². The zero-order valence-corrected chi connectivity index (χ0v) is 6.13. The van der Waals surface area contributed by atoms with Crippen LogP contribution in [0.1, 0.15) is 20.3 Å². The summed E-state index contributed by atoms with van der Waals surface area (Å²) in [7, 11) is 0. The quantitative estimate of drug-likeness (QED) is 0.551. The highest BCUT2D eigenvalue weighted by Gasteiger charge is 2.19. The van der Waals surface area contributed by atoms with E-state index >= 15 is 0 Å². The van der Waals surface area contributed by atoms with E-state index in [-0.39, 0.29) is 5.83 Å². The molecule has 0 rings (SSSR count). The standard InChI is InChI=1S/C6H11FS/c1-4-6(3,8)5(2)7/h8H,2,4H2,1,3H3. The van der Waals surface area contributed by atoms with Crippen LogP contribution in [0, 0.1) is 0 Å². The highest BCUT2D eigenvalue weighted by atomic mass is 32.1. The van der Waals surface area contributed by atoms with Gasteiger partial charge in [-0.05, 0) is 13.3 Å². The van der Waals surface area contributed by atoms with Crippen LogP contribution in [-0.4, -0.2) is 4.75 Å². The van der Waals surface area contributed by atoms with Crippen LogP contribution < -0.4 is 0 Å². The SMILES string of the molecule is C=C(F)C(C)(S)CC. The Morgan fingerprint density at radius 3 is 2.25 bits per heavy atom. The summed E-state index contributed by atoms with van der Waals surface area (Å²) in [6.45, 7) is 6.73. The van der Waals surface area contributed by atoms with Crippen LogP contribution in [-0.2, 0) is 0 Å². The monoisotopic (exact) mass is 134 g/mol. The van der Waals surface area contributed by atoms with Crippen LogP contribution in [0.2, 0.25) is 0 Å². The Hall–Kier alpha value is 0.0200. The molecule has 0 bridgehead atoms. The first-order valence-corrected chi connectivity index (χ1v) is 3.02. The molecule has 0 aliphatic rings. The molecule has 0 fully saturated rings. The summed E-state index contributed by atoms with van der Waals surface area (Å²) in [5.41, 5.74) is 0. The van der Waals surface area contributed by atoms with Crippen LogP contribution in [0.25, 0.3) is 0 Å². The van der Waals surface area contributed by atoms with Crippen molar-refractivity contribution in [1.82, 2.24) is 0 Å². The highest BCUT2D eigenvalue weighted by molar-refractivity contribution is 7.82. The molecule has 0 aromatic heterocycles. The molecule has 0 saturated heterocycles. The smallest absolute Gasteiger partial charge is 0.108 e. The van der Waals surface area contributed by atoms with E-state index in [2.05, 4.69) is 19.2 Å². The first-order valence-electron chi connectivity index (χ1n) is 2.58. The minimum Gasteiger partial charge on any atom is -0.211 e. The van der Waals surface area contributed by atoms with E-state index in [1.54, 1.807) is 6.92 Å². The maximum Gasteiger partial charge on any atom is 0.108 e. The Bertz CT molecular complexity index is 96.7. The molecule has 0 aromatic rings. The number of rotatable bonds is 2. The van der Waals surface area contributed by atoms with Gasteiger partial charge in [-0.25, -0.2) is 4.39 Å². The normalized spacial score (nSPS) is 17.5. The molecule has 8 heavy (non-hydrogen) atoms. The summed E-state index contributed by atoms with van der Waals surface area (Å²) in [5.74, 6) is -0.358. The van der Waals surface area contributed by atoms with E-state index < -0.39 is 4.75 Å². The fourth-order valence-corrected chi connectivity index (χ4v) is 0.192. The first-order chi connectivity index (χ1) is 3.50. The van der Waals surface area contributed by atoms with Gasteiger partial charge < -0.3 is 0 Å². The van der Waals surface area contributed by atoms with Gasteiger partial charge in [-0.3, -0.25) is 0 Å². The van der Waals surface area contributed by atoms with Crippen molar-refractivity contribution in [1.29, 1.82) is 0 Å². The lowest BCUT2D eigenvalue weighted by molar-refractivity contribution is 0.521. The van der Waals surface area contributed by atoms with Crippen molar-refractivity contribution in [2.24, 2.45) is 0 Å². The van der Waals surface area contributed by atoms with Gasteiger partial charge >= 0.3 is 0 Å². The van der Waals surface area contributed by atoms with Gasteiger partial charge in [0.25, 0.3) is 0 Å². The Balaban J connectivity index is 3.91. The molecule has 0 saturated carbocycles. The minimum atomic E-state index is -0.625. The van der Waals surface area contributed by atoms with Crippen LogP contribution in [0.3, 0.4) is 0 Å². The summed E-state index contributed by atoms with van der Waals surface area (Å²) >= 11 is 4.01. The summed E-state index contributed by atoms with van der Waals surface area (Å²) in [6.07, 6.45) is 0.672. The molecule has 1 atom stereocenters. The van der Waals surface area contributed by atoms with Gasteiger partial charge in [-0.1, -0.05) is 13.5 Å². The Morgan fingerprint density at radius 2 is 2.25 bits per heavy atom. The number of halogens is 1. The topological polar surface area (TPSA) is 0 Å². The Labute approximate surface area is 55.2 Å². The predicted octanol–water partition coefficient (Wildman–Crippen LogP) is 2.57. The van der Waals surface area contributed by atoms with E-state index in [9.17, 15) is 4.39 Å². The van der Waals surface area contributed by atoms with Crippen LogP contribution in [0.4, 0.5) is 4.39 Å². The second kappa shape index (κ2) is 2.53. The van der Waals surface area contributed by atoms with Gasteiger partial charge in [-0.2, -0.15) is 12.6 Å².